The van der Waals surface area contributed by atoms with Crippen molar-refractivity contribution >= 4 is 11.6 Å². The van der Waals surface area contributed by atoms with Crippen LogP contribution in [0.5, 0.6) is 0 Å². The third-order valence-electron chi connectivity index (χ3n) is 2.58. The van der Waals surface area contributed by atoms with Gasteiger partial charge in [-0.15, -0.1) is 0 Å². The minimum Gasteiger partial charge on any atom is -0.380 e. The molecule has 0 saturated heterocycles. The average Bonchev–Trinajstić information content (AvgIpc) is 2.37. The first-order valence-electron chi connectivity index (χ1n) is 5.69. The molecule has 1 aromatic carbocycles. The second kappa shape index (κ2) is 5.31. The van der Waals surface area contributed by atoms with E-state index in [9.17, 15) is 4.79 Å². The largest absolute Gasteiger partial charge is 0.380 e. The molecule has 92 valence electrons. The van der Waals surface area contributed by atoms with E-state index in [0.717, 1.165) is 16.8 Å². The van der Waals surface area contributed by atoms with Gasteiger partial charge in [0.15, 0.2) is 0 Å². The molecule has 0 spiro atoms. The quantitative estimate of drug-likeness (QED) is 0.861. The predicted octanol–water partition coefficient (Wildman–Crippen LogP) is 2.10. The first kappa shape index (κ1) is 12.1. The number of carbonyl (C=O) groups excluding carboxylic acids is 1. The summed E-state index contributed by atoms with van der Waals surface area (Å²) in [6.07, 6.45) is 3.57. The maximum absolute atomic E-state index is 11.1. The molecule has 3 N–H and O–H groups in total. The van der Waals surface area contributed by atoms with Crippen molar-refractivity contribution in [3.8, 4) is 0 Å². The van der Waals surface area contributed by atoms with Crippen LogP contribution in [-0.2, 0) is 6.54 Å². The standard InChI is InChI=1S/C14H15N3O/c1-10-5-13(9-16-7-10)17-8-11-3-2-4-12(6-11)14(15)18/h2-7,9,17H,8H2,1H3,(H2,15,18). The summed E-state index contributed by atoms with van der Waals surface area (Å²) in [6.45, 7) is 2.62. The van der Waals surface area contributed by atoms with Crippen molar-refractivity contribution in [1.29, 1.82) is 0 Å². The molecule has 4 heteroatoms. The molecule has 2 rings (SSSR count). The molecule has 2 aromatic rings. The molecule has 0 aliphatic carbocycles. The Kier molecular flexibility index (Phi) is 3.57. The third-order valence-corrected chi connectivity index (χ3v) is 2.58. The maximum atomic E-state index is 11.1. The van der Waals surface area contributed by atoms with E-state index in [-0.39, 0.29) is 0 Å². The van der Waals surface area contributed by atoms with E-state index in [2.05, 4.69) is 10.3 Å². The van der Waals surface area contributed by atoms with E-state index in [4.69, 9.17) is 5.73 Å². The molecule has 1 heterocycles. The fourth-order valence-electron chi connectivity index (χ4n) is 1.69. The minimum atomic E-state index is -0.408. The summed E-state index contributed by atoms with van der Waals surface area (Å²) in [5.74, 6) is -0.408. The molecular weight excluding hydrogens is 226 g/mol. The van der Waals surface area contributed by atoms with E-state index < -0.39 is 5.91 Å². The Balaban J connectivity index is 2.06. The normalized spacial score (nSPS) is 10.1. The van der Waals surface area contributed by atoms with Crippen molar-refractivity contribution in [3.63, 3.8) is 0 Å². The average molecular weight is 241 g/mol. The first-order valence-corrected chi connectivity index (χ1v) is 5.69. The molecule has 18 heavy (non-hydrogen) atoms. The number of benzene rings is 1. The number of amides is 1. The van der Waals surface area contributed by atoms with Crippen molar-refractivity contribution in [1.82, 2.24) is 4.98 Å². The SMILES string of the molecule is Cc1cncc(NCc2cccc(C(N)=O)c2)c1. The predicted molar refractivity (Wildman–Crippen MR) is 71.3 cm³/mol. The zero-order valence-electron chi connectivity index (χ0n) is 10.2. The molecule has 0 radical (unpaired) electrons. The van der Waals surface area contributed by atoms with Crippen LogP contribution < -0.4 is 11.1 Å². The highest BCUT2D eigenvalue weighted by Gasteiger charge is 2.01. The zero-order chi connectivity index (χ0) is 13.0. The van der Waals surface area contributed by atoms with Crippen LogP contribution in [0, 0.1) is 6.92 Å². The van der Waals surface area contributed by atoms with Crippen LogP contribution in [0.25, 0.3) is 0 Å². The van der Waals surface area contributed by atoms with Gasteiger partial charge in [0.2, 0.25) is 5.91 Å². The molecule has 0 aliphatic heterocycles. The van der Waals surface area contributed by atoms with E-state index in [1.54, 1.807) is 24.5 Å². The molecule has 0 bridgehead atoms. The van der Waals surface area contributed by atoms with Crippen molar-refractivity contribution in [2.75, 3.05) is 5.32 Å². The highest BCUT2D eigenvalue weighted by Crippen LogP contribution is 2.10. The van der Waals surface area contributed by atoms with Crippen molar-refractivity contribution in [2.45, 2.75) is 13.5 Å². The Labute approximate surface area is 106 Å². The highest BCUT2D eigenvalue weighted by atomic mass is 16.1. The smallest absolute Gasteiger partial charge is 0.248 e. The van der Waals surface area contributed by atoms with Gasteiger partial charge in [-0.25, -0.2) is 0 Å². The fourth-order valence-corrected chi connectivity index (χ4v) is 1.69. The van der Waals surface area contributed by atoms with Crippen LogP contribution in [0.4, 0.5) is 5.69 Å². The Hall–Kier alpha value is -2.36. The summed E-state index contributed by atoms with van der Waals surface area (Å²) in [5, 5.41) is 3.25. The van der Waals surface area contributed by atoms with Gasteiger partial charge < -0.3 is 11.1 Å². The summed E-state index contributed by atoms with van der Waals surface area (Å²) in [4.78, 5) is 15.2. The number of nitrogens with zero attached hydrogens (tertiary/aromatic N) is 1. The monoisotopic (exact) mass is 241 g/mol. The minimum absolute atomic E-state index is 0.408. The van der Waals surface area contributed by atoms with E-state index in [0.29, 0.717) is 12.1 Å². The van der Waals surface area contributed by atoms with Crippen LogP contribution in [0.15, 0.2) is 42.7 Å². The van der Waals surface area contributed by atoms with Gasteiger partial charge in [-0.05, 0) is 36.2 Å². The molecule has 0 aliphatic rings. The molecule has 1 aromatic heterocycles. The lowest BCUT2D eigenvalue weighted by Gasteiger charge is -2.07. The van der Waals surface area contributed by atoms with E-state index >= 15 is 0 Å². The number of nitrogens with one attached hydrogen (secondary N) is 1. The van der Waals surface area contributed by atoms with Gasteiger partial charge in [-0.3, -0.25) is 9.78 Å². The molecular formula is C14H15N3O. The lowest BCUT2D eigenvalue weighted by atomic mass is 10.1. The van der Waals surface area contributed by atoms with Crippen LogP contribution in [0.2, 0.25) is 0 Å². The van der Waals surface area contributed by atoms with Gasteiger partial charge in [0, 0.05) is 24.5 Å². The number of aryl methyl sites for hydroxylation is 1. The van der Waals surface area contributed by atoms with Crippen molar-refractivity contribution in [3.05, 3.63) is 59.4 Å². The fraction of sp³-hybridized carbons (Fsp3) is 0.143. The molecule has 4 nitrogen and oxygen atoms in total. The van der Waals surface area contributed by atoms with Crippen LogP contribution >= 0.6 is 0 Å². The van der Waals surface area contributed by atoms with E-state index in [1.165, 1.54) is 0 Å². The lowest BCUT2D eigenvalue weighted by Crippen LogP contribution is -2.11. The van der Waals surface area contributed by atoms with Gasteiger partial charge in [-0.1, -0.05) is 12.1 Å². The number of carbonyl (C=O) groups is 1. The topological polar surface area (TPSA) is 68.0 Å². The number of hydrogen-bond acceptors (Lipinski definition) is 3. The van der Waals surface area contributed by atoms with Crippen molar-refractivity contribution in [2.24, 2.45) is 5.73 Å². The highest BCUT2D eigenvalue weighted by molar-refractivity contribution is 5.92. The summed E-state index contributed by atoms with van der Waals surface area (Å²) in [5.41, 5.74) is 8.83. The molecule has 0 fully saturated rings. The summed E-state index contributed by atoms with van der Waals surface area (Å²) in [7, 11) is 0. The van der Waals surface area contributed by atoms with E-state index in [1.807, 2.05) is 25.1 Å². The number of primary amides is 1. The second-order valence-electron chi connectivity index (χ2n) is 4.17. The van der Waals surface area contributed by atoms with Gasteiger partial charge in [0.1, 0.15) is 0 Å². The third kappa shape index (κ3) is 3.07. The van der Waals surface area contributed by atoms with Gasteiger partial charge in [-0.2, -0.15) is 0 Å². The molecule has 0 unspecified atom stereocenters. The van der Waals surface area contributed by atoms with Crippen LogP contribution in [0.3, 0.4) is 0 Å². The van der Waals surface area contributed by atoms with Gasteiger partial charge in [0.25, 0.3) is 0 Å². The lowest BCUT2D eigenvalue weighted by molar-refractivity contribution is 0.1000. The number of nitrogens with two attached hydrogens (primary N) is 1. The number of hydrogen-bond donors (Lipinski definition) is 2. The van der Waals surface area contributed by atoms with Gasteiger partial charge in [0.05, 0.1) is 5.69 Å². The molecule has 1 amide bonds. The zero-order valence-corrected chi connectivity index (χ0v) is 10.2. The maximum Gasteiger partial charge on any atom is 0.248 e. The summed E-state index contributed by atoms with van der Waals surface area (Å²) < 4.78 is 0. The van der Waals surface area contributed by atoms with Gasteiger partial charge >= 0.3 is 0 Å². The Morgan fingerprint density at radius 3 is 2.89 bits per heavy atom. The number of anilines is 1. The Morgan fingerprint density at radius 2 is 2.17 bits per heavy atom. The Morgan fingerprint density at radius 1 is 1.33 bits per heavy atom. The molecule has 0 saturated carbocycles. The van der Waals surface area contributed by atoms with Crippen molar-refractivity contribution < 1.29 is 4.79 Å². The summed E-state index contributed by atoms with van der Waals surface area (Å²) >= 11 is 0. The van der Waals surface area contributed by atoms with Crippen LogP contribution in [-0.4, -0.2) is 10.9 Å². The Bertz CT molecular complexity index is 566. The number of rotatable bonds is 4. The molecule has 0 atom stereocenters. The first-order chi connectivity index (χ1) is 8.65. The number of pyridine rings is 1. The number of aromatic nitrogens is 1. The summed E-state index contributed by atoms with van der Waals surface area (Å²) in [6, 6.07) is 9.29. The van der Waals surface area contributed by atoms with Crippen LogP contribution in [0.1, 0.15) is 21.5 Å². The second-order valence-corrected chi connectivity index (χ2v) is 4.17.